The van der Waals surface area contributed by atoms with Crippen molar-refractivity contribution in [3.05, 3.63) is 71.9 Å². The van der Waals surface area contributed by atoms with E-state index in [4.69, 9.17) is 6.42 Å². The molecule has 0 radical (unpaired) electrons. The highest BCUT2D eigenvalue weighted by Crippen LogP contribution is 2.49. The first-order valence-corrected chi connectivity index (χ1v) is 10.6. The fraction of sp³-hybridized carbons (Fsp3) is 0.269. The predicted octanol–water partition coefficient (Wildman–Crippen LogP) is 5.21. The van der Waals surface area contributed by atoms with E-state index in [9.17, 15) is 9.18 Å². The van der Waals surface area contributed by atoms with Crippen LogP contribution < -0.4 is 5.32 Å². The minimum atomic E-state index is -0.240. The molecule has 0 bridgehead atoms. The van der Waals surface area contributed by atoms with E-state index in [1.54, 1.807) is 36.7 Å². The minimum absolute atomic E-state index is 0.0139. The van der Waals surface area contributed by atoms with Crippen LogP contribution in [-0.2, 0) is 4.79 Å². The van der Waals surface area contributed by atoms with Gasteiger partial charge in [-0.1, -0.05) is 12.0 Å². The molecule has 0 aliphatic heterocycles. The fourth-order valence-corrected chi connectivity index (χ4v) is 5.12. The molecular weight excluding hydrogens is 389 g/mol. The highest BCUT2D eigenvalue weighted by atomic mass is 19.1. The Bertz CT molecular complexity index is 1230. The van der Waals surface area contributed by atoms with Crippen molar-refractivity contribution in [2.75, 3.05) is 5.32 Å². The molecule has 3 atom stereocenters. The molecule has 5 rings (SSSR count). The first-order valence-electron chi connectivity index (χ1n) is 10.6. The van der Waals surface area contributed by atoms with E-state index in [0.717, 1.165) is 35.7 Å². The summed E-state index contributed by atoms with van der Waals surface area (Å²) in [4.78, 5) is 20.9. The number of hydrogen-bond acceptors (Lipinski definition) is 3. The molecule has 0 unspecified atom stereocenters. The zero-order valence-electron chi connectivity index (χ0n) is 17.0. The first-order chi connectivity index (χ1) is 15.1. The second kappa shape index (κ2) is 7.96. The second-order valence-corrected chi connectivity index (χ2v) is 8.51. The van der Waals surface area contributed by atoms with Crippen LogP contribution in [0.4, 0.5) is 10.1 Å². The molecule has 1 amide bonds. The van der Waals surface area contributed by atoms with E-state index >= 15 is 0 Å². The Morgan fingerprint density at radius 2 is 2.10 bits per heavy atom. The van der Waals surface area contributed by atoms with Crippen molar-refractivity contribution in [1.82, 2.24) is 9.97 Å². The number of nitrogens with one attached hydrogen (secondary N) is 1. The fourth-order valence-electron chi connectivity index (χ4n) is 5.12. The summed E-state index contributed by atoms with van der Waals surface area (Å²) in [7, 11) is 0. The van der Waals surface area contributed by atoms with Gasteiger partial charge in [0.2, 0.25) is 5.91 Å². The zero-order valence-corrected chi connectivity index (χ0v) is 17.0. The summed E-state index contributed by atoms with van der Waals surface area (Å²) in [6.07, 6.45) is 14.6. The topological polar surface area (TPSA) is 54.9 Å². The van der Waals surface area contributed by atoms with Crippen LogP contribution in [0.15, 0.2) is 54.9 Å². The van der Waals surface area contributed by atoms with Gasteiger partial charge in [-0.25, -0.2) is 9.37 Å². The molecule has 2 aliphatic carbocycles. The third kappa shape index (κ3) is 3.94. The Morgan fingerprint density at radius 1 is 1.19 bits per heavy atom. The Labute approximate surface area is 180 Å². The molecule has 1 aromatic carbocycles. The average Bonchev–Trinajstić information content (AvgIpc) is 3.32. The molecule has 3 aromatic rings. The first kappa shape index (κ1) is 19.4. The Balaban J connectivity index is 1.24. The van der Waals surface area contributed by atoms with E-state index < -0.39 is 0 Å². The number of amides is 1. The van der Waals surface area contributed by atoms with Crippen LogP contribution in [0.5, 0.6) is 0 Å². The van der Waals surface area contributed by atoms with Gasteiger partial charge in [0, 0.05) is 18.0 Å². The summed E-state index contributed by atoms with van der Waals surface area (Å²) in [6, 6.07) is 10.2. The van der Waals surface area contributed by atoms with Crippen molar-refractivity contribution in [3.63, 3.8) is 0 Å². The standard InChI is InChI=1S/C26H22FN3O/c1-2-21-4-5-22(15-29-21)30-26(31)11-16-9-17-12-19(13-18(17)10-16)23-7-8-28-25-6-3-20(27)14-24(23)25/h1,3-8,12,14-18H,9-11,13H2,(H,30,31)/t16-,17-,18+/m0/s1. The van der Waals surface area contributed by atoms with E-state index in [1.807, 2.05) is 6.07 Å². The van der Waals surface area contributed by atoms with Crippen LogP contribution in [0.1, 0.15) is 36.9 Å². The molecule has 31 heavy (non-hydrogen) atoms. The summed E-state index contributed by atoms with van der Waals surface area (Å²) in [6.45, 7) is 0. The van der Waals surface area contributed by atoms with Gasteiger partial charge >= 0.3 is 0 Å². The maximum absolute atomic E-state index is 13.8. The lowest BCUT2D eigenvalue weighted by molar-refractivity contribution is -0.117. The smallest absolute Gasteiger partial charge is 0.224 e. The van der Waals surface area contributed by atoms with Gasteiger partial charge in [0.25, 0.3) is 0 Å². The molecule has 4 nitrogen and oxygen atoms in total. The number of carbonyl (C=O) groups is 1. The lowest BCUT2D eigenvalue weighted by atomic mass is 9.94. The summed E-state index contributed by atoms with van der Waals surface area (Å²) >= 11 is 0. The van der Waals surface area contributed by atoms with Gasteiger partial charge in [-0.05, 0) is 84.6 Å². The van der Waals surface area contributed by atoms with E-state index in [2.05, 4.69) is 27.3 Å². The van der Waals surface area contributed by atoms with Crippen molar-refractivity contribution < 1.29 is 9.18 Å². The van der Waals surface area contributed by atoms with Crippen LogP contribution in [0, 0.1) is 35.9 Å². The highest BCUT2D eigenvalue weighted by Gasteiger charge is 2.38. The third-order valence-electron chi connectivity index (χ3n) is 6.46. The third-order valence-corrected chi connectivity index (χ3v) is 6.46. The van der Waals surface area contributed by atoms with Crippen molar-refractivity contribution >= 4 is 28.1 Å². The minimum Gasteiger partial charge on any atom is -0.325 e. The number of anilines is 1. The highest BCUT2D eigenvalue weighted by molar-refractivity contribution is 5.92. The molecule has 5 heteroatoms. The predicted molar refractivity (Wildman–Crippen MR) is 119 cm³/mol. The van der Waals surface area contributed by atoms with Gasteiger partial charge in [-0.3, -0.25) is 9.78 Å². The Hall–Kier alpha value is -3.52. The molecule has 1 saturated carbocycles. The van der Waals surface area contributed by atoms with Crippen molar-refractivity contribution in [3.8, 4) is 12.3 Å². The number of pyridine rings is 2. The molecule has 1 fully saturated rings. The number of fused-ring (bicyclic) bond motifs is 2. The average molecular weight is 411 g/mol. The molecule has 0 saturated heterocycles. The summed E-state index contributed by atoms with van der Waals surface area (Å²) < 4.78 is 13.8. The van der Waals surface area contributed by atoms with Gasteiger partial charge in [0.05, 0.1) is 17.4 Å². The van der Waals surface area contributed by atoms with Crippen LogP contribution in [0.3, 0.4) is 0 Å². The van der Waals surface area contributed by atoms with Gasteiger partial charge in [0.15, 0.2) is 0 Å². The van der Waals surface area contributed by atoms with Crippen molar-refractivity contribution in [2.45, 2.75) is 25.7 Å². The number of nitrogens with zero attached hydrogens (tertiary/aromatic N) is 2. The zero-order chi connectivity index (χ0) is 21.4. The molecular formula is C26H22FN3O. The lowest BCUT2D eigenvalue weighted by Crippen LogP contribution is -2.15. The van der Waals surface area contributed by atoms with Crippen LogP contribution >= 0.6 is 0 Å². The maximum Gasteiger partial charge on any atom is 0.224 e. The number of benzene rings is 1. The van der Waals surface area contributed by atoms with Gasteiger partial charge in [-0.15, -0.1) is 6.42 Å². The van der Waals surface area contributed by atoms with E-state index in [1.165, 1.54) is 11.6 Å². The number of terminal acetylenes is 1. The molecule has 2 aromatic heterocycles. The van der Waals surface area contributed by atoms with Gasteiger partial charge < -0.3 is 5.32 Å². The van der Waals surface area contributed by atoms with Gasteiger partial charge in [-0.2, -0.15) is 0 Å². The lowest BCUT2D eigenvalue weighted by Gasteiger charge is -2.13. The molecule has 2 aliphatic rings. The van der Waals surface area contributed by atoms with Crippen LogP contribution in [0.25, 0.3) is 16.5 Å². The molecule has 1 N–H and O–H groups in total. The number of halogens is 1. The van der Waals surface area contributed by atoms with Gasteiger partial charge in [0.1, 0.15) is 11.5 Å². The number of aromatic nitrogens is 2. The largest absolute Gasteiger partial charge is 0.325 e. The Morgan fingerprint density at radius 3 is 2.87 bits per heavy atom. The van der Waals surface area contributed by atoms with Crippen molar-refractivity contribution in [2.24, 2.45) is 17.8 Å². The van der Waals surface area contributed by atoms with Crippen molar-refractivity contribution in [1.29, 1.82) is 0 Å². The number of carbonyl (C=O) groups excluding carboxylic acids is 1. The summed E-state index contributed by atoms with van der Waals surface area (Å²) in [5.41, 5.74) is 4.39. The van der Waals surface area contributed by atoms with E-state index in [0.29, 0.717) is 35.6 Å². The molecule has 0 spiro atoms. The quantitative estimate of drug-likeness (QED) is 0.600. The van der Waals surface area contributed by atoms with Crippen LogP contribution in [-0.4, -0.2) is 15.9 Å². The number of hydrogen-bond donors (Lipinski definition) is 1. The monoisotopic (exact) mass is 411 g/mol. The molecule has 2 heterocycles. The SMILES string of the molecule is C#Cc1ccc(NC(=O)C[C@@H]2C[C@@H]3CC(c4ccnc5ccc(F)cc45)=C[C@@H]3C2)cn1. The van der Waals surface area contributed by atoms with Crippen LogP contribution in [0.2, 0.25) is 0 Å². The maximum atomic E-state index is 13.8. The second-order valence-electron chi connectivity index (χ2n) is 8.51. The molecule has 154 valence electrons. The number of rotatable bonds is 4. The summed E-state index contributed by atoms with van der Waals surface area (Å²) in [5, 5.41) is 3.79. The summed E-state index contributed by atoms with van der Waals surface area (Å²) in [5.74, 6) is 3.63. The van der Waals surface area contributed by atoms with E-state index in [-0.39, 0.29) is 11.7 Å². The number of allylic oxidation sites excluding steroid dienone is 2. The normalized spacial score (nSPS) is 22.1. The Kier molecular flexibility index (Phi) is 4.99.